The smallest absolute Gasteiger partial charge is 0.184 e. The van der Waals surface area contributed by atoms with E-state index in [4.69, 9.17) is 37.9 Å². The molecule has 0 bridgehead atoms. The number of nitrogens with one attached hydrogen (secondary N) is 1. The highest BCUT2D eigenvalue weighted by Crippen LogP contribution is 2.46. The number of aliphatic hydroxyl groups is 1. The van der Waals surface area contributed by atoms with Crippen molar-refractivity contribution in [3.63, 3.8) is 0 Å². The lowest BCUT2D eigenvalue weighted by atomic mass is 9.74. The molecule has 1 unspecified atom stereocenters. The Kier molecular flexibility index (Phi) is 10.1. The summed E-state index contributed by atoms with van der Waals surface area (Å²) in [5.74, 6) is -1.82. The van der Waals surface area contributed by atoms with E-state index in [1.807, 2.05) is 107 Å². The van der Waals surface area contributed by atoms with E-state index in [0.717, 1.165) is 16.7 Å². The van der Waals surface area contributed by atoms with Crippen LogP contribution in [0.25, 0.3) is 0 Å². The molecule has 51 heavy (non-hydrogen) atoms. The zero-order valence-corrected chi connectivity index (χ0v) is 29.8. The Morgan fingerprint density at radius 2 is 1.27 bits per heavy atom. The second-order valence-corrected chi connectivity index (χ2v) is 15.5. The van der Waals surface area contributed by atoms with Gasteiger partial charge in [-0.3, -0.25) is 0 Å². The van der Waals surface area contributed by atoms with Gasteiger partial charge < -0.3 is 48.3 Å². The van der Waals surface area contributed by atoms with Crippen molar-refractivity contribution in [1.82, 2.24) is 5.32 Å². The number of fused-ring (bicyclic) bond motifs is 4. The molecule has 5 fully saturated rings. The lowest BCUT2D eigenvalue weighted by Crippen LogP contribution is -2.72. The SMILES string of the molecule is CC1(C)OC[C@H]2C[C@H](N[C@H]3[C@H](O)[C@@H]4COC(c5ccccc5)O[C@H]4[C@H](OCc4ccccc4)[C@H]3OCc3ccccc3)[C@@H]3OC(C)(C)O[C@H]3[C@@H]2O1. The van der Waals surface area contributed by atoms with Crippen molar-refractivity contribution in [3.05, 3.63) is 108 Å². The van der Waals surface area contributed by atoms with Crippen LogP contribution in [-0.4, -0.2) is 84.7 Å². The second kappa shape index (κ2) is 14.6. The average Bonchev–Trinajstić information content (AvgIpc) is 3.48. The van der Waals surface area contributed by atoms with Crippen molar-refractivity contribution in [2.24, 2.45) is 11.8 Å². The molecule has 5 aliphatic rings. The third-order valence-electron chi connectivity index (χ3n) is 11.0. The molecular formula is C41H51NO9. The Balaban J connectivity index is 1.13. The number of hydrogen-bond acceptors (Lipinski definition) is 10. The van der Waals surface area contributed by atoms with E-state index in [1.165, 1.54) is 0 Å². The average molecular weight is 702 g/mol. The van der Waals surface area contributed by atoms with Crippen molar-refractivity contribution in [3.8, 4) is 0 Å². The summed E-state index contributed by atoms with van der Waals surface area (Å²) in [6, 6.07) is 29.4. The van der Waals surface area contributed by atoms with Crippen molar-refractivity contribution in [2.45, 2.75) is 120 Å². The van der Waals surface area contributed by atoms with Gasteiger partial charge in [0.1, 0.15) is 24.4 Å². The minimum Gasteiger partial charge on any atom is -0.391 e. The number of aliphatic hydroxyl groups excluding tert-OH is 1. The first-order chi connectivity index (χ1) is 24.6. The lowest BCUT2D eigenvalue weighted by Gasteiger charge is -2.54. The lowest BCUT2D eigenvalue weighted by molar-refractivity contribution is -0.321. The zero-order valence-electron chi connectivity index (χ0n) is 29.8. The van der Waals surface area contributed by atoms with E-state index in [1.54, 1.807) is 0 Å². The third-order valence-corrected chi connectivity index (χ3v) is 11.0. The van der Waals surface area contributed by atoms with E-state index < -0.39 is 48.3 Å². The van der Waals surface area contributed by atoms with Gasteiger partial charge in [0.2, 0.25) is 0 Å². The van der Waals surface area contributed by atoms with Gasteiger partial charge in [-0.05, 0) is 45.2 Å². The molecular weight excluding hydrogens is 650 g/mol. The summed E-state index contributed by atoms with van der Waals surface area (Å²) in [6.07, 6.45) is -3.21. The van der Waals surface area contributed by atoms with Crippen LogP contribution in [0.5, 0.6) is 0 Å². The summed E-state index contributed by atoms with van der Waals surface area (Å²) in [4.78, 5) is 0. The van der Waals surface area contributed by atoms with Crippen molar-refractivity contribution >= 4 is 0 Å². The van der Waals surface area contributed by atoms with Crippen LogP contribution in [-0.2, 0) is 51.1 Å². The minimum atomic E-state index is -0.881. The molecule has 3 saturated heterocycles. The van der Waals surface area contributed by atoms with E-state index in [-0.39, 0.29) is 36.2 Å². The van der Waals surface area contributed by atoms with Crippen molar-refractivity contribution < 1.29 is 43.0 Å². The molecule has 0 amide bonds. The Labute approximate surface area is 300 Å². The fraction of sp³-hybridized carbons (Fsp3) is 0.561. The van der Waals surface area contributed by atoms with Crippen LogP contribution in [0.15, 0.2) is 91.0 Å². The zero-order chi connectivity index (χ0) is 35.2. The Bertz CT molecular complexity index is 1580. The van der Waals surface area contributed by atoms with Crippen molar-refractivity contribution in [2.75, 3.05) is 13.2 Å². The maximum absolute atomic E-state index is 12.4. The predicted molar refractivity (Wildman–Crippen MR) is 187 cm³/mol. The quantitative estimate of drug-likeness (QED) is 0.306. The van der Waals surface area contributed by atoms with E-state index in [9.17, 15) is 5.11 Å². The maximum Gasteiger partial charge on any atom is 0.184 e. The summed E-state index contributed by atoms with van der Waals surface area (Å²) in [5.41, 5.74) is 2.98. The van der Waals surface area contributed by atoms with Crippen LogP contribution < -0.4 is 5.32 Å². The van der Waals surface area contributed by atoms with Crippen molar-refractivity contribution in [1.29, 1.82) is 0 Å². The molecule has 2 aliphatic carbocycles. The van der Waals surface area contributed by atoms with Crippen LogP contribution in [0.3, 0.4) is 0 Å². The molecule has 10 heteroatoms. The van der Waals surface area contributed by atoms with Gasteiger partial charge in [-0.1, -0.05) is 91.0 Å². The molecule has 3 aromatic rings. The topological polar surface area (TPSA) is 106 Å². The fourth-order valence-corrected chi connectivity index (χ4v) is 8.59. The number of rotatable bonds is 9. The normalized spacial score (nSPS) is 38.3. The third kappa shape index (κ3) is 7.55. The van der Waals surface area contributed by atoms with Gasteiger partial charge >= 0.3 is 0 Å². The van der Waals surface area contributed by atoms with Gasteiger partial charge in [0, 0.05) is 23.4 Å². The molecule has 12 atom stereocenters. The summed E-state index contributed by atoms with van der Waals surface area (Å²) in [5, 5.41) is 16.3. The van der Waals surface area contributed by atoms with Crippen LogP contribution in [0.4, 0.5) is 0 Å². The molecule has 3 aliphatic heterocycles. The number of hydrogen-bond donors (Lipinski definition) is 2. The highest BCUT2D eigenvalue weighted by atomic mass is 16.8. The molecule has 0 spiro atoms. The Hall–Kier alpha value is -2.74. The summed E-state index contributed by atoms with van der Waals surface area (Å²) in [6.45, 7) is 9.31. The number of benzene rings is 3. The molecule has 0 aromatic heterocycles. The second-order valence-electron chi connectivity index (χ2n) is 15.5. The minimum absolute atomic E-state index is 0.0737. The molecule has 3 heterocycles. The van der Waals surface area contributed by atoms with Gasteiger partial charge in [-0.15, -0.1) is 0 Å². The molecule has 10 nitrogen and oxygen atoms in total. The van der Waals surface area contributed by atoms with Gasteiger partial charge in [-0.25, -0.2) is 0 Å². The van der Waals surface area contributed by atoms with Gasteiger partial charge in [0.15, 0.2) is 17.9 Å². The Morgan fingerprint density at radius 3 is 1.94 bits per heavy atom. The predicted octanol–water partition coefficient (Wildman–Crippen LogP) is 5.28. The molecule has 0 radical (unpaired) electrons. The van der Waals surface area contributed by atoms with Crippen LogP contribution in [0, 0.1) is 11.8 Å². The molecule has 2 saturated carbocycles. The monoisotopic (exact) mass is 701 g/mol. The Morgan fingerprint density at radius 1 is 0.686 bits per heavy atom. The highest BCUT2D eigenvalue weighted by Gasteiger charge is 2.60. The van der Waals surface area contributed by atoms with Gasteiger partial charge in [0.25, 0.3) is 0 Å². The first-order valence-corrected chi connectivity index (χ1v) is 18.4. The van der Waals surface area contributed by atoms with Crippen LogP contribution in [0.1, 0.15) is 57.1 Å². The largest absolute Gasteiger partial charge is 0.391 e. The fourth-order valence-electron chi connectivity index (χ4n) is 8.59. The molecule has 8 rings (SSSR count). The van der Waals surface area contributed by atoms with E-state index in [2.05, 4.69) is 17.4 Å². The standard InChI is InChI=1S/C41H51NO9/c1-40(2)47-23-28-20-30(35-38(33(28)49-40)51-41(3,4)50-35)42-31-32(43)29-24-46-39(27-18-12-7-13-19-27)48-34(29)37(45-22-26-16-10-6-11-17-26)36(31)44-21-25-14-8-5-9-15-25/h5-19,28-39,42-43H,20-24H2,1-4H3/t28-,29+,30+,31+,32-,33-,34-,35+,36+,37+,38+,39?/m1/s1. The summed E-state index contributed by atoms with van der Waals surface area (Å²) in [7, 11) is 0. The van der Waals surface area contributed by atoms with E-state index >= 15 is 0 Å². The summed E-state index contributed by atoms with van der Waals surface area (Å²) < 4.78 is 52.6. The van der Waals surface area contributed by atoms with Crippen LogP contribution in [0.2, 0.25) is 0 Å². The molecule has 3 aromatic carbocycles. The maximum atomic E-state index is 12.4. The number of ether oxygens (including phenoxy) is 8. The first-order valence-electron chi connectivity index (χ1n) is 18.4. The highest BCUT2D eigenvalue weighted by molar-refractivity contribution is 5.19. The summed E-state index contributed by atoms with van der Waals surface area (Å²) >= 11 is 0. The van der Waals surface area contributed by atoms with E-state index in [0.29, 0.717) is 32.8 Å². The first kappa shape index (κ1) is 35.3. The van der Waals surface area contributed by atoms with Gasteiger partial charge in [0.05, 0.1) is 50.8 Å². The molecule has 274 valence electrons. The van der Waals surface area contributed by atoms with Gasteiger partial charge in [-0.2, -0.15) is 0 Å². The molecule has 2 N–H and O–H groups in total. The van der Waals surface area contributed by atoms with Crippen LogP contribution >= 0.6 is 0 Å².